The molecule has 1 aliphatic heterocycles. The second kappa shape index (κ2) is 8.60. The number of rotatable bonds is 6. The van der Waals surface area contributed by atoms with Gasteiger partial charge in [0.05, 0.1) is 12.1 Å². The fourth-order valence-electron chi connectivity index (χ4n) is 3.38. The Morgan fingerprint density at radius 2 is 1.97 bits per heavy atom. The average Bonchev–Trinajstić information content (AvgIpc) is 3.35. The molecule has 0 fully saturated rings. The smallest absolute Gasteiger partial charge is 0.309 e. The summed E-state index contributed by atoms with van der Waals surface area (Å²) in [5.41, 5.74) is -8.00. The lowest BCUT2D eigenvalue weighted by atomic mass is 9.93. The maximum Gasteiger partial charge on any atom is 0.421 e. The molecule has 4 rings (SSSR count). The molecule has 190 valence electrons. The van der Waals surface area contributed by atoms with E-state index in [0.29, 0.717) is 10.1 Å². The van der Waals surface area contributed by atoms with Gasteiger partial charge in [0, 0.05) is 19.3 Å². The van der Waals surface area contributed by atoms with E-state index in [2.05, 4.69) is 20.5 Å². The molecule has 1 aliphatic rings. The van der Waals surface area contributed by atoms with Crippen molar-refractivity contribution in [2.45, 2.75) is 29.5 Å². The SMILES string of the molecule is CC(=O)Nc1nnc(S(=O)(=O)N[C@@]2(C(F)(F)F)C(=O)Nc3c2c(=O)[nH]c(=O)n3Cc2cccnc2)s1. The molecule has 0 unspecified atom stereocenters. The molecule has 36 heavy (non-hydrogen) atoms. The molecule has 14 nitrogen and oxygen atoms in total. The first-order valence-corrected chi connectivity index (χ1v) is 11.9. The van der Waals surface area contributed by atoms with Gasteiger partial charge >= 0.3 is 11.9 Å². The number of nitrogens with one attached hydrogen (secondary N) is 4. The molecule has 0 spiro atoms. The molecule has 0 saturated heterocycles. The first-order valence-electron chi connectivity index (χ1n) is 9.56. The molecule has 3 aromatic heterocycles. The highest BCUT2D eigenvalue weighted by Crippen LogP contribution is 2.46. The van der Waals surface area contributed by atoms with Crippen LogP contribution >= 0.6 is 11.3 Å². The number of aromatic amines is 1. The van der Waals surface area contributed by atoms with E-state index < -0.39 is 67.1 Å². The summed E-state index contributed by atoms with van der Waals surface area (Å²) in [5.74, 6) is -3.48. The van der Waals surface area contributed by atoms with E-state index >= 15 is 0 Å². The molecule has 3 aromatic rings. The minimum Gasteiger partial charge on any atom is -0.309 e. The van der Waals surface area contributed by atoms with Crippen molar-refractivity contribution in [3.05, 3.63) is 56.5 Å². The normalized spacial score (nSPS) is 17.5. The summed E-state index contributed by atoms with van der Waals surface area (Å²) in [6, 6.07) is 2.96. The van der Waals surface area contributed by atoms with Crippen LogP contribution in [0.3, 0.4) is 0 Å². The summed E-state index contributed by atoms with van der Waals surface area (Å²) in [5, 5.41) is 10.2. The summed E-state index contributed by atoms with van der Waals surface area (Å²) in [6.07, 6.45) is -3.01. The maximum atomic E-state index is 14.5. The van der Waals surface area contributed by atoms with E-state index in [0.717, 1.165) is 6.92 Å². The number of halogens is 3. The maximum absolute atomic E-state index is 14.5. The standard InChI is InChI=1S/C17H13F3N8O6S2/c1-7(29)22-13-25-26-15(35-13)36(33,34)27-16(17(18,19)20)9-10(23-12(16)31)28(14(32)24-11(9)30)6-8-3-2-4-21-5-8/h2-5,27H,6H2,1H3,(H,23,31)(H,22,25,29)(H,24,30,32)/t16-/m1/s1. The Balaban J connectivity index is 1.89. The van der Waals surface area contributed by atoms with E-state index in [9.17, 15) is 40.8 Å². The lowest BCUT2D eigenvalue weighted by Crippen LogP contribution is -2.61. The predicted molar refractivity (Wildman–Crippen MR) is 116 cm³/mol. The van der Waals surface area contributed by atoms with Gasteiger partial charge in [0.25, 0.3) is 21.5 Å². The highest BCUT2D eigenvalue weighted by atomic mass is 32.2. The number of pyridine rings is 1. The second-order valence-corrected chi connectivity index (χ2v) is 10.1. The Bertz CT molecular complexity index is 1600. The van der Waals surface area contributed by atoms with Gasteiger partial charge in [0.2, 0.25) is 20.9 Å². The van der Waals surface area contributed by atoms with Crippen molar-refractivity contribution >= 4 is 44.1 Å². The van der Waals surface area contributed by atoms with Crippen LogP contribution in [0, 0.1) is 0 Å². The Labute approximate surface area is 201 Å². The van der Waals surface area contributed by atoms with Crippen molar-refractivity contribution in [3.8, 4) is 0 Å². The molecule has 4 heterocycles. The van der Waals surface area contributed by atoms with Gasteiger partial charge in [0.1, 0.15) is 5.82 Å². The quantitative estimate of drug-likeness (QED) is 0.294. The summed E-state index contributed by atoms with van der Waals surface area (Å²) in [4.78, 5) is 54.5. The third kappa shape index (κ3) is 4.16. The number of fused-ring (bicyclic) bond motifs is 1. The molecule has 0 bridgehead atoms. The number of sulfonamides is 1. The minimum atomic E-state index is -5.70. The molecule has 19 heteroatoms. The van der Waals surface area contributed by atoms with Crippen LogP contribution in [-0.4, -0.2) is 51.1 Å². The third-order valence-corrected chi connectivity index (χ3v) is 7.50. The van der Waals surface area contributed by atoms with Gasteiger partial charge in [-0.2, -0.15) is 17.9 Å². The third-order valence-electron chi connectivity index (χ3n) is 4.84. The number of aromatic nitrogens is 5. The van der Waals surface area contributed by atoms with Crippen molar-refractivity contribution in [3.63, 3.8) is 0 Å². The molecule has 0 aliphatic carbocycles. The number of alkyl halides is 3. The molecule has 0 aromatic carbocycles. The first-order chi connectivity index (χ1) is 16.8. The molecular formula is C17H13F3N8O6S2. The van der Waals surface area contributed by atoms with Crippen LogP contribution in [-0.2, 0) is 31.7 Å². The number of carbonyl (C=O) groups excluding carboxylic acids is 2. The van der Waals surface area contributed by atoms with Crippen LogP contribution in [0.1, 0.15) is 18.1 Å². The van der Waals surface area contributed by atoms with E-state index in [-0.39, 0.29) is 16.5 Å². The molecule has 0 radical (unpaired) electrons. The Kier molecular flexibility index (Phi) is 6.01. The molecule has 1 atom stereocenters. The summed E-state index contributed by atoms with van der Waals surface area (Å²) in [6.45, 7) is 0.660. The molecule has 4 N–H and O–H groups in total. The minimum absolute atomic E-state index is 0.203. The molecule has 0 saturated carbocycles. The van der Waals surface area contributed by atoms with Gasteiger partial charge in [-0.25, -0.2) is 13.2 Å². The number of nitrogens with zero attached hydrogens (tertiary/aromatic N) is 4. The van der Waals surface area contributed by atoms with Crippen LogP contribution in [0.2, 0.25) is 0 Å². The summed E-state index contributed by atoms with van der Waals surface area (Å²) >= 11 is 0.203. The second-order valence-electron chi connectivity index (χ2n) is 7.29. The fourth-order valence-corrected chi connectivity index (χ4v) is 5.65. The predicted octanol–water partition coefficient (Wildman–Crippen LogP) is -0.522. The van der Waals surface area contributed by atoms with Gasteiger partial charge in [-0.3, -0.25) is 28.9 Å². The molecular weight excluding hydrogens is 533 g/mol. The highest BCUT2D eigenvalue weighted by Gasteiger charge is 2.69. The lowest BCUT2D eigenvalue weighted by molar-refractivity contribution is -0.194. The summed E-state index contributed by atoms with van der Waals surface area (Å²) in [7, 11) is -5.26. The zero-order valence-corrected chi connectivity index (χ0v) is 19.3. The van der Waals surface area contributed by atoms with Crippen LogP contribution in [0.25, 0.3) is 0 Å². The van der Waals surface area contributed by atoms with Gasteiger partial charge in [0.15, 0.2) is 0 Å². The van der Waals surface area contributed by atoms with E-state index in [1.165, 1.54) is 29.2 Å². The van der Waals surface area contributed by atoms with Gasteiger partial charge in [-0.05, 0) is 11.6 Å². The topological polar surface area (TPSA) is 198 Å². The fraction of sp³-hybridized carbons (Fsp3) is 0.235. The van der Waals surface area contributed by atoms with Gasteiger partial charge < -0.3 is 10.6 Å². The van der Waals surface area contributed by atoms with Gasteiger partial charge in [-0.15, -0.1) is 10.2 Å². The monoisotopic (exact) mass is 546 g/mol. The molecule has 2 amide bonds. The largest absolute Gasteiger partial charge is 0.421 e. The lowest BCUT2D eigenvalue weighted by Gasteiger charge is -2.29. The Morgan fingerprint density at radius 1 is 1.25 bits per heavy atom. The highest BCUT2D eigenvalue weighted by molar-refractivity contribution is 7.91. The zero-order valence-electron chi connectivity index (χ0n) is 17.7. The Morgan fingerprint density at radius 3 is 2.58 bits per heavy atom. The number of hydrogen-bond acceptors (Lipinski definition) is 10. The van der Waals surface area contributed by atoms with Crippen LogP contribution in [0.4, 0.5) is 24.1 Å². The van der Waals surface area contributed by atoms with Crippen LogP contribution in [0.5, 0.6) is 0 Å². The van der Waals surface area contributed by atoms with E-state index in [1.807, 2.05) is 5.32 Å². The van der Waals surface area contributed by atoms with Crippen molar-refractivity contribution < 1.29 is 31.2 Å². The number of anilines is 2. The van der Waals surface area contributed by atoms with Crippen molar-refractivity contribution in [1.82, 2.24) is 29.5 Å². The van der Waals surface area contributed by atoms with Crippen molar-refractivity contribution in [1.29, 1.82) is 0 Å². The van der Waals surface area contributed by atoms with Crippen molar-refractivity contribution in [2.24, 2.45) is 0 Å². The first kappa shape index (κ1) is 25.1. The van der Waals surface area contributed by atoms with Gasteiger partial charge in [-0.1, -0.05) is 17.4 Å². The Hall–Kier alpha value is -3.97. The van der Waals surface area contributed by atoms with E-state index in [4.69, 9.17) is 0 Å². The average molecular weight is 546 g/mol. The number of H-pyrrole nitrogens is 1. The van der Waals surface area contributed by atoms with Crippen LogP contribution < -0.4 is 26.6 Å². The zero-order chi connectivity index (χ0) is 26.5. The summed E-state index contributed by atoms with van der Waals surface area (Å²) < 4.78 is 70.0. The number of carbonyl (C=O) groups is 2. The number of hydrogen-bond donors (Lipinski definition) is 4. The van der Waals surface area contributed by atoms with Crippen molar-refractivity contribution in [2.75, 3.05) is 10.6 Å². The van der Waals surface area contributed by atoms with Crippen LogP contribution in [0.15, 0.2) is 38.5 Å². The number of amides is 2. The van der Waals surface area contributed by atoms with E-state index in [1.54, 1.807) is 4.98 Å².